The molecule has 4 N–H and O–H groups in total. The van der Waals surface area contributed by atoms with Crippen LogP contribution in [0.15, 0.2) is 17.6 Å². The molecule has 4 nitrogen and oxygen atoms in total. The standard InChI is InChI=1S/C9H11N3OS/c10-6-1-2-7(11-3-4-13)8-9(6)14-5-12-8/h1-2,5,11,13H,3-4,10H2. The van der Waals surface area contributed by atoms with Gasteiger partial charge >= 0.3 is 0 Å². The summed E-state index contributed by atoms with van der Waals surface area (Å²) in [4.78, 5) is 4.23. The van der Waals surface area contributed by atoms with Crippen LogP contribution in [-0.2, 0) is 0 Å². The molecule has 0 spiro atoms. The lowest BCUT2D eigenvalue weighted by Gasteiger charge is -2.05. The lowest BCUT2D eigenvalue weighted by atomic mass is 10.2. The van der Waals surface area contributed by atoms with E-state index in [0.29, 0.717) is 6.54 Å². The van der Waals surface area contributed by atoms with Gasteiger partial charge < -0.3 is 16.2 Å². The predicted octanol–water partition coefficient (Wildman–Crippen LogP) is 1.28. The van der Waals surface area contributed by atoms with Crippen LogP contribution in [0.4, 0.5) is 11.4 Å². The van der Waals surface area contributed by atoms with Crippen LogP contribution in [0.1, 0.15) is 0 Å². The first-order valence-corrected chi connectivity index (χ1v) is 5.17. The van der Waals surface area contributed by atoms with Crippen LogP contribution in [0.2, 0.25) is 0 Å². The topological polar surface area (TPSA) is 71.2 Å². The van der Waals surface area contributed by atoms with E-state index < -0.39 is 0 Å². The molecule has 5 heteroatoms. The van der Waals surface area contributed by atoms with E-state index in [4.69, 9.17) is 10.8 Å². The van der Waals surface area contributed by atoms with Crippen molar-refractivity contribution in [3.63, 3.8) is 0 Å². The van der Waals surface area contributed by atoms with Gasteiger partial charge in [-0.05, 0) is 12.1 Å². The number of nitrogens with two attached hydrogens (primary N) is 1. The molecule has 0 aliphatic heterocycles. The van der Waals surface area contributed by atoms with Gasteiger partial charge in [-0.1, -0.05) is 0 Å². The molecule has 0 atom stereocenters. The molecule has 1 heterocycles. The third-order valence-electron chi connectivity index (χ3n) is 1.94. The lowest BCUT2D eigenvalue weighted by Crippen LogP contribution is -2.05. The zero-order valence-corrected chi connectivity index (χ0v) is 8.34. The number of aliphatic hydroxyl groups is 1. The fraction of sp³-hybridized carbons (Fsp3) is 0.222. The molecule has 0 unspecified atom stereocenters. The van der Waals surface area contributed by atoms with Crippen LogP contribution in [0.25, 0.3) is 10.2 Å². The summed E-state index contributed by atoms with van der Waals surface area (Å²) in [6.45, 7) is 0.631. The number of aliphatic hydroxyl groups excluding tert-OH is 1. The maximum absolute atomic E-state index is 8.70. The van der Waals surface area contributed by atoms with E-state index in [1.165, 1.54) is 11.3 Å². The molecular weight excluding hydrogens is 198 g/mol. The van der Waals surface area contributed by atoms with Gasteiger partial charge in [0, 0.05) is 6.54 Å². The quantitative estimate of drug-likeness (QED) is 0.666. The van der Waals surface area contributed by atoms with Gasteiger partial charge in [0.15, 0.2) is 0 Å². The van der Waals surface area contributed by atoms with Crippen LogP contribution >= 0.6 is 11.3 Å². The van der Waals surface area contributed by atoms with Crippen LogP contribution in [0.3, 0.4) is 0 Å². The highest BCUT2D eigenvalue weighted by molar-refractivity contribution is 7.17. The molecule has 74 valence electrons. The van der Waals surface area contributed by atoms with Crippen molar-refractivity contribution < 1.29 is 5.11 Å². The Morgan fingerprint density at radius 2 is 2.36 bits per heavy atom. The van der Waals surface area contributed by atoms with Crippen molar-refractivity contribution >= 4 is 32.9 Å². The minimum atomic E-state index is 0.107. The van der Waals surface area contributed by atoms with E-state index in [0.717, 1.165) is 21.6 Å². The molecule has 0 fully saturated rings. The first kappa shape index (κ1) is 9.23. The average Bonchev–Trinajstić information content (AvgIpc) is 2.66. The van der Waals surface area contributed by atoms with E-state index >= 15 is 0 Å². The number of thiazole rings is 1. The van der Waals surface area contributed by atoms with Gasteiger partial charge in [-0.3, -0.25) is 0 Å². The Balaban J connectivity index is 2.45. The molecule has 0 aliphatic carbocycles. The van der Waals surface area contributed by atoms with E-state index in [1.54, 1.807) is 5.51 Å². The van der Waals surface area contributed by atoms with Crippen molar-refractivity contribution in [2.24, 2.45) is 0 Å². The van der Waals surface area contributed by atoms with Gasteiger partial charge in [0.1, 0.15) is 5.52 Å². The fourth-order valence-electron chi connectivity index (χ4n) is 1.30. The largest absolute Gasteiger partial charge is 0.398 e. The number of nitrogens with one attached hydrogen (secondary N) is 1. The summed E-state index contributed by atoms with van der Waals surface area (Å²) in [6, 6.07) is 3.73. The third-order valence-corrected chi connectivity index (χ3v) is 2.82. The smallest absolute Gasteiger partial charge is 0.106 e. The number of fused-ring (bicyclic) bond motifs is 1. The molecule has 0 radical (unpaired) electrons. The minimum Gasteiger partial charge on any atom is -0.398 e. The van der Waals surface area contributed by atoms with Gasteiger partial charge in [-0.15, -0.1) is 11.3 Å². The molecule has 2 aromatic rings. The Morgan fingerprint density at radius 3 is 3.14 bits per heavy atom. The number of anilines is 2. The Labute approximate surface area is 85.4 Å². The lowest BCUT2D eigenvalue weighted by molar-refractivity contribution is 0.311. The first-order chi connectivity index (χ1) is 6.83. The summed E-state index contributed by atoms with van der Waals surface area (Å²) in [5.41, 5.74) is 10.1. The van der Waals surface area contributed by atoms with Gasteiger partial charge in [-0.2, -0.15) is 0 Å². The fourth-order valence-corrected chi connectivity index (χ4v) is 2.05. The molecule has 0 aliphatic rings. The second kappa shape index (κ2) is 3.81. The number of nitrogens with zero attached hydrogens (tertiary/aromatic N) is 1. The van der Waals surface area contributed by atoms with Crippen LogP contribution < -0.4 is 11.1 Å². The molecular formula is C9H11N3OS. The summed E-state index contributed by atoms with van der Waals surface area (Å²) >= 11 is 1.52. The number of nitrogen functional groups attached to an aromatic ring is 1. The van der Waals surface area contributed by atoms with Gasteiger partial charge in [0.05, 0.1) is 28.2 Å². The van der Waals surface area contributed by atoms with Crippen LogP contribution in [0, 0.1) is 0 Å². The molecule has 14 heavy (non-hydrogen) atoms. The third kappa shape index (κ3) is 1.51. The SMILES string of the molecule is Nc1ccc(NCCO)c2ncsc12. The summed E-state index contributed by atoms with van der Waals surface area (Å²) in [6.07, 6.45) is 0. The molecule has 0 bridgehead atoms. The van der Waals surface area contributed by atoms with Crippen molar-refractivity contribution in [2.75, 3.05) is 24.2 Å². The number of hydrogen-bond donors (Lipinski definition) is 3. The van der Waals surface area contributed by atoms with Crippen LogP contribution in [0.5, 0.6) is 0 Å². The first-order valence-electron chi connectivity index (χ1n) is 4.29. The molecule has 0 saturated carbocycles. The van der Waals surface area contributed by atoms with E-state index in [2.05, 4.69) is 10.3 Å². The molecule has 1 aromatic carbocycles. The second-order valence-corrected chi connectivity index (χ2v) is 3.74. The zero-order valence-electron chi connectivity index (χ0n) is 7.53. The van der Waals surface area contributed by atoms with Crippen molar-refractivity contribution in [1.82, 2.24) is 4.98 Å². The molecule has 2 rings (SSSR count). The summed E-state index contributed by atoms with van der Waals surface area (Å²) in [7, 11) is 0. The normalized spacial score (nSPS) is 10.6. The molecule has 0 amide bonds. The highest BCUT2D eigenvalue weighted by Crippen LogP contribution is 2.30. The number of benzene rings is 1. The zero-order chi connectivity index (χ0) is 9.97. The van der Waals surface area contributed by atoms with E-state index in [-0.39, 0.29) is 6.61 Å². The van der Waals surface area contributed by atoms with Gasteiger partial charge in [0.2, 0.25) is 0 Å². The Hall–Kier alpha value is -1.33. The number of aromatic nitrogens is 1. The molecule has 0 saturated heterocycles. The minimum absolute atomic E-state index is 0.107. The highest BCUT2D eigenvalue weighted by Gasteiger charge is 2.05. The van der Waals surface area contributed by atoms with Crippen LogP contribution in [-0.4, -0.2) is 23.2 Å². The maximum atomic E-state index is 8.70. The second-order valence-electron chi connectivity index (χ2n) is 2.88. The van der Waals surface area contributed by atoms with Crippen molar-refractivity contribution in [1.29, 1.82) is 0 Å². The Bertz CT molecular complexity index is 441. The maximum Gasteiger partial charge on any atom is 0.106 e. The Morgan fingerprint density at radius 1 is 1.50 bits per heavy atom. The average molecular weight is 209 g/mol. The summed E-state index contributed by atoms with van der Waals surface area (Å²) < 4.78 is 0.993. The van der Waals surface area contributed by atoms with Crippen molar-refractivity contribution in [2.45, 2.75) is 0 Å². The summed E-state index contributed by atoms with van der Waals surface area (Å²) in [5.74, 6) is 0. The monoisotopic (exact) mass is 209 g/mol. The number of hydrogen-bond acceptors (Lipinski definition) is 5. The molecule has 1 aromatic heterocycles. The highest BCUT2D eigenvalue weighted by atomic mass is 32.1. The van der Waals surface area contributed by atoms with E-state index in [1.807, 2.05) is 12.1 Å². The van der Waals surface area contributed by atoms with Crippen molar-refractivity contribution in [3.05, 3.63) is 17.6 Å². The van der Waals surface area contributed by atoms with Crippen molar-refractivity contribution in [3.8, 4) is 0 Å². The van der Waals surface area contributed by atoms with Gasteiger partial charge in [-0.25, -0.2) is 4.98 Å². The van der Waals surface area contributed by atoms with E-state index in [9.17, 15) is 0 Å². The number of rotatable bonds is 3. The summed E-state index contributed by atoms with van der Waals surface area (Å²) in [5, 5.41) is 11.8. The predicted molar refractivity (Wildman–Crippen MR) is 59.6 cm³/mol. The van der Waals surface area contributed by atoms with Gasteiger partial charge in [0.25, 0.3) is 0 Å². The Kier molecular flexibility index (Phi) is 2.51.